The van der Waals surface area contributed by atoms with E-state index in [1.807, 2.05) is 44.2 Å². The third-order valence-electron chi connectivity index (χ3n) is 6.03. The number of carbonyl (C=O) groups is 1. The maximum atomic E-state index is 12.9. The molecule has 2 aromatic rings. The van der Waals surface area contributed by atoms with Crippen molar-refractivity contribution in [3.8, 4) is 22.5 Å². The van der Waals surface area contributed by atoms with Crippen molar-refractivity contribution >= 4 is 22.6 Å². The molecule has 0 radical (unpaired) electrons. The highest BCUT2D eigenvalue weighted by atomic mass is 16.5. The molecule has 0 atom stereocenters. The maximum Gasteiger partial charge on any atom is 0.338 e. The fourth-order valence-electron chi connectivity index (χ4n) is 4.49. The molecule has 0 saturated carbocycles. The lowest BCUT2D eigenvalue weighted by Gasteiger charge is -2.20. The van der Waals surface area contributed by atoms with Gasteiger partial charge >= 0.3 is 5.97 Å². The lowest BCUT2D eigenvalue weighted by molar-refractivity contribution is 0.0527. The Kier molecular flexibility index (Phi) is 7.01. The van der Waals surface area contributed by atoms with Crippen LogP contribution in [0.15, 0.2) is 57.9 Å². The van der Waals surface area contributed by atoms with E-state index in [0.717, 1.165) is 63.0 Å². The summed E-state index contributed by atoms with van der Waals surface area (Å²) in [6.07, 6.45) is 0.878. The number of anilines is 1. The van der Waals surface area contributed by atoms with Gasteiger partial charge in [0.25, 0.3) is 0 Å². The van der Waals surface area contributed by atoms with Gasteiger partial charge in [-0.05, 0) is 69.0 Å². The van der Waals surface area contributed by atoms with Gasteiger partial charge < -0.3 is 14.5 Å². The molecule has 0 fully saturated rings. The summed E-state index contributed by atoms with van der Waals surface area (Å²) in [5.41, 5.74) is 7.42. The van der Waals surface area contributed by atoms with E-state index in [1.54, 1.807) is 0 Å². The molecule has 0 amide bonds. The third-order valence-corrected chi connectivity index (χ3v) is 6.03. The molecule has 1 aliphatic heterocycles. The SMILES string of the molecule is CCN=c1cc2oc3cc(NCC)c(CC)cc3c(-c3ccccc3C(=O)OCC)c-2cc1C. The van der Waals surface area contributed by atoms with E-state index < -0.39 is 0 Å². The summed E-state index contributed by atoms with van der Waals surface area (Å²) in [5, 5.41) is 5.35. The molecule has 2 aliphatic rings. The molecule has 0 unspecified atom stereocenters. The Balaban J connectivity index is 2.17. The first-order valence-electron chi connectivity index (χ1n) is 12.1. The summed E-state index contributed by atoms with van der Waals surface area (Å²) in [7, 11) is 0. The van der Waals surface area contributed by atoms with Gasteiger partial charge in [-0.1, -0.05) is 25.1 Å². The average molecular weight is 457 g/mol. The monoisotopic (exact) mass is 456 g/mol. The van der Waals surface area contributed by atoms with Crippen LogP contribution in [0.2, 0.25) is 0 Å². The van der Waals surface area contributed by atoms with Gasteiger partial charge in [0.05, 0.1) is 17.5 Å². The minimum atomic E-state index is -0.325. The van der Waals surface area contributed by atoms with Crippen LogP contribution in [-0.2, 0) is 11.2 Å². The van der Waals surface area contributed by atoms with Crippen LogP contribution in [0, 0.1) is 6.92 Å². The molecule has 2 aromatic carbocycles. The minimum absolute atomic E-state index is 0.325. The molecule has 0 saturated heterocycles. The van der Waals surface area contributed by atoms with Crippen LogP contribution in [0.4, 0.5) is 5.69 Å². The predicted octanol–water partition coefficient (Wildman–Crippen LogP) is 6.60. The number of nitrogens with one attached hydrogen (secondary N) is 1. The van der Waals surface area contributed by atoms with Crippen LogP contribution in [0.1, 0.15) is 49.2 Å². The summed E-state index contributed by atoms with van der Waals surface area (Å²) >= 11 is 0. The Morgan fingerprint density at radius 2 is 1.82 bits per heavy atom. The van der Waals surface area contributed by atoms with E-state index in [2.05, 4.69) is 49.3 Å². The number of ether oxygens (including phenoxy) is 1. The van der Waals surface area contributed by atoms with E-state index in [1.165, 1.54) is 5.56 Å². The van der Waals surface area contributed by atoms with Crippen LogP contribution in [0.25, 0.3) is 33.4 Å². The number of benzene rings is 3. The molecule has 1 N–H and O–H groups in total. The number of nitrogens with zero attached hydrogens (tertiary/aromatic N) is 1. The molecular weight excluding hydrogens is 424 g/mol. The minimum Gasteiger partial charge on any atom is -0.462 e. The molecular formula is C29H32N2O3. The normalized spacial score (nSPS) is 11.9. The summed E-state index contributed by atoms with van der Waals surface area (Å²) in [6, 6.07) is 16.0. The Morgan fingerprint density at radius 3 is 2.53 bits per heavy atom. The van der Waals surface area contributed by atoms with E-state index in [0.29, 0.717) is 18.7 Å². The van der Waals surface area contributed by atoms with Crippen LogP contribution in [-0.4, -0.2) is 25.7 Å². The number of esters is 1. The second-order valence-corrected chi connectivity index (χ2v) is 8.24. The molecule has 1 heterocycles. The van der Waals surface area contributed by atoms with Gasteiger partial charge in [0.2, 0.25) is 0 Å². The van der Waals surface area contributed by atoms with Crippen molar-refractivity contribution in [1.29, 1.82) is 0 Å². The zero-order valence-corrected chi connectivity index (χ0v) is 20.6. The van der Waals surface area contributed by atoms with Gasteiger partial charge in [0, 0.05) is 47.4 Å². The Bertz CT molecular complexity index is 1380. The largest absolute Gasteiger partial charge is 0.462 e. The van der Waals surface area contributed by atoms with Gasteiger partial charge in [0.1, 0.15) is 11.3 Å². The molecule has 0 aromatic heterocycles. The molecule has 1 aliphatic carbocycles. The molecule has 0 spiro atoms. The number of rotatable bonds is 7. The molecule has 0 bridgehead atoms. The van der Waals surface area contributed by atoms with Crippen molar-refractivity contribution in [2.45, 2.75) is 41.0 Å². The molecule has 5 nitrogen and oxygen atoms in total. The highest BCUT2D eigenvalue weighted by Crippen LogP contribution is 2.43. The highest BCUT2D eigenvalue weighted by molar-refractivity contribution is 6.08. The van der Waals surface area contributed by atoms with Gasteiger partial charge in [-0.3, -0.25) is 4.99 Å². The second kappa shape index (κ2) is 10.1. The van der Waals surface area contributed by atoms with Crippen LogP contribution in [0.3, 0.4) is 0 Å². The Morgan fingerprint density at radius 1 is 1.03 bits per heavy atom. The number of hydrogen-bond donors (Lipinski definition) is 1. The Labute approximate surface area is 200 Å². The first-order valence-corrected chi connectivity index (χ1v) is 12.1. The predicted molar refractivity (Wildman–Crippen MR) is 139 cm³/mol. The Hall–Kier alpha value is -3.60. The first-order chi connectivity index (χ1) is 16.5. The molecule has 4 rings (SSSR count). The lowest BCUT2D eigenvalue weighted by Crippen LogP contribution is -2.10. The van der Waals surface area contributed by atoms with Crippen molar-refractivity contribution in [3.05, 3.63) is 70.6 Å². The van der Waals surface area contributed by atoms with E-state index in [4.69, 9.17) is 9.15 Å². The van der Waals surface area contributed by atoms with Crippen LogP contribution >= 0.6 is 0 Å². The van der Waals surface area contributed by atoms with Gasteiger partial charge in [-0.15, -0.1) is 0 Å². The van der Waals surface area contributed by atoms with Crippen LogP contribution < -0.4 is 10.7 Å². The van der Waals surface area contributed by atoms with Crippen molar-refractivity contribution in [1.82, 2.24) is 0 Å². The molecule has 5 heteroatoms. The number of carbonyl (C=O) groups excluding carboxylic acids is 1. The summed E-state index contributed by atoms with van der Waals surface area (Å²) in [5.74, 6) is 0.417. The number of hydrogen-bond acceptors (Lipinski definition) is 5. The fraction of sp³-hybridized carbons (Fsp3) is 0.310. The van der Waals surface area contributed by atoms with Crippen molar-refractivity contribution < 1.29 is 13.9 Å². The van der Waals surface area contributed by atoms with Crippen molar-refractivity contribution in [3.63, 3.8) is 0 Å². The van der Waals surface area contributed by atoms with Crippen molar-refractivity contribution in [2.24, 2.45) is 4.99 Å². The smallest absolute Gasteiger partial charge is 0.338 e. The van der Waals surface area contributed by atoms with Crippen molar-refractivity contribution in [2.75, 3.05) is 25.0 Å². The van der Waals surface area contributed by atoms with Crippen LogP contribution in [0.5, 0.6) is 0 Å². The standard InChI is InChI=1S/C29H32N2O3/c1-6-19-15-23-27(17-25(19)31-8-3)34-26-16-24(30-7-2)18(5)14-22(26)28(23)20-12-10-11-13-21(20)29(32)33-9-4/h10-17,31H,6-9H2,1-5H3. The summed E-state index contributed by atoms with van der Waals surface area (Å²) < 4.78 is 11.9. The fourth-order valence-corrected chi connectivity index (χ4v) is 4.49. The first kappa shape index (κ1) is 23.6. The van der Waals surface area contributed by atoms with Gasteiger partial charge in [0.15, 0.2) is 0 Å². The number of aryl methyl sites for hydroxylation is 2. The van der Waals surface area contributed by atoms with Gasteiger partial charge in [-0.25, -0.2) is 4.79 Å². The lowest BCUT2D eigenvalue weighted by atomic mass is 9.89. The molecule has 34 heavy (non-hydrogen) atoms. The van der Waals surface area contributed by atoms with E-state index in [-0.39, 0.29) is 5.97 Å². The highest BCUT2D eigenvalue weighted by Gasteiger charge is 2.23. The maximum absolute atomic E-state index is 12.9. The average Bonchev–Trinajstić information content (AvgIpc) is 2.83. The number of fused-ring (bicyclic) bond motifs is 2. The van der Waals surface area contributed by atoms with E-state index in [9.17, 15) is 4.79 Å². The van der Waals surface area contributed by atoms with E-state index >= 15 is 0 Å². The summed E-state index contributed by atoms with van der Waals surface area (Å²) in [4.78, 5) is 17.5. The zero-order chi connectivity index (χ0) is 24.2. The summed E-state index contributed by atoms with van der Waals surface area (Å²) in [6.45, 7) is 12.0. The zero-order valence-electron chi connectivity index (χ0n) is 20.6. The quantitative estimate of drug-likeness (QED) is 0.251. The van der Waals surface area contributed by atoms with Gasteiger partial charge in [-0.2, -0.15) is 0 Å². The third kappa shape index (κ3) is 4.30. The molecule has 176 valence electrons. The topological polar surface area (TPSA) is 63.8 Å². The second-order valence-electron chi connectivity index (χ2n) is 8.24.